The maximum absolute atomic E-state index is 14.1. The molecule has 9 heteroatoms. The summed E-state index contributed by atoms with van der Waals surface area (Å²) in [6, 6.07) is 8.00. The van der Waals surface area contributed by atoms with E-state index in [1.165, 1.54) is 17.7 Å². The number of halogens is 2. The quantitative estimate of drug-likeness (QED) is 0.317. The van der Waals surface area contributed by atoms with Gasteiger partial charge in [0.15, 0.2) is 5.76 Å². The molecule has 0 saturated heterocycles. The Morgan fingerprint density at radius 1 is 1.13 bits per heavy atom. The second kappa shape index (κ2) is 7.98. The summed E-state index contributed by atoms with van der Waals surface area (Å²) in [5.74, 6) is -8.84. The molecule has 7 nitrogen and oxygen atoms in total. The van der Waals surface area contributed by atoms with E-state index in [1.54, 1.807) is 45.0 Å². The Balaban J connectivity index is 2.01. The van der Waals surface area contributed by atoms with Crippen molar-refractivity contribution in [2.45, 2.75) is 39.2 Å². The number of furan rings is 1. The smallest absolute Gasteiger partial charge is 0.419 e. The number of hydrogen-bond acceptors (Lipinski definition) is 6. The standard InChI is InChI=1S/C22H21F2NO6/c1-5-29-19(27)22(23,24)18(26)17-10-13(12-30-17)15-11-25(20(28)31-21(2,3)4)16-9-7-6-8-14(15)16/h6-12H,5H2,1-4H3. The summed E-state index contributed by atoms with van der Waals surface area (Å²) in [5, 5.41) is 0.616. The maximum Gasteiger partial charge on any atom is 0.419 e. The molecule has 0 aliphatic carbocycles. The number of esters is 1. The number of ether oxygens (including phenoxy) is 2. The highest BCUT2D eigenvalue weighted by molar-refractivity contribution is 6.13. The lowest BCUT2D eigenvalue weighted by molar-refractivity contribution is -0.164. The number of para-hydroxylation sites is 1. The largest absolute Gasteiger partial charge is 0.461 e. The van der Waals surface area contributed by atoms with Crippen LogP contribution in [-0.2, 0) is 14.3 Å². The molecule has 0 aliphatic rings. The van der Waals surface area contributed by atoms with E-state index < -0.39 is 35.1 Å². The van der Waals surface area contributed by atoms with Gasteiger partial charge in [0.2, 0.25) is 0 Å². The molecule has 0 radical (unpaired) electrons. The Kier molecular flexibility index (Phi) is 5.71. The Morgan fingerprint density at radius 2 is 1.81 bits per heavy atom. The maximum atomic E-state index is 14.1. The van der Waals surface area contributed by atoms with Crippen molar-refractivity contribution in [3.05, 3.63) is 48.6 Å². The monoisotopic (exact) mass is 433 g/mol. The average Bonchev–Trinajstić information content (AvgIpc) is 3.31. The van der Waals surface area contributed by atoms with Gasteiger partial charge in [-0.05, 0) is 39.8 Å². The van der Waals surface area contributed by atoms with Crippen molar-refractivity contribution in [1.82, 2.24) is 4.57 Å². The molecule has 0 fully saturated rings. The van der Waals surface area contributed by atoms with Gasteiger partial charge >= 0.3 is 18.0 Å². The van der Waals surface area contributed by atoms with Crippen LogP contribution in [0.1, 0.15) is 38.2 Å². The molecule has 1 aromatic carbocycles. The number of hydrogen-bond donors (Lipinski definition) is 0. The topological polar surface area (TPSA) is 87.7 Å². The highest BCUT2D eigenvalue weighted by Gasteiger charge is 2.50. The molecule has 0 amide bonds. The third-order valence-electron chi connectivity index (χ3n) is 4.25. The molecule has 0 bridgehead atoms. The number of fused-ring (bicyclic) bond motifs is 1. The van der Waals surface area contributed by atoms with Gasteiger partial charge in [0.05, 0.1) is 18.4 Å². The van der Waals surface area contributed by atoms with Crippen LogP contribution in [0.5, 0.6) is 0 Å². The minimum Gasteiger partial charge on any atom is -0.461 e. The number of aromatic nitrogens is 1. The van der Waals surface area contributed by atoms with Gasteiger partial charge < -0.3 is 13.9 Å². The van der Waals surface area contributed by atoms with E-state index in [4.69, 9.17) is 9.15 Å². The van der Waals surface area contributed by atoms with E-state index in [1.807, 2.05) is 0 Å². The fourth-order valence-corrected chi connectivity index (χ4v) is 2.94. The summed E-state index contributed by atoms with van der Waals surface area (Å²) in [5.41, 5.74) is 0.541. The molecule has 0 atom stereocenters. The van der Waals surface area contributed by atoms with Gasteiger partial charge in [0.25, 0.3) is 5.78 Å². The van der Waals surface area contributed by atoms with Crippen LogP contribution >= 0.6 is 0 Å². The van der Waals surface area contributed by atoms with Gasteiger partial charge in [-0.25, -0.2) is 9.59 Å². The van der Waals surface area contributed by atoms with Crippen molar-refractivity contribution in [1.29, 1.82) is 0 Å². The van der Waals surface area contributed by atoms with Crippen molar-refractivity contribution in [3.63, 3.8) is 0 Å². The number of Topliss-reactive ketones (excluding diaryl/α,β-unsaturated/α-hetero) is 1. The molecule has 3 rings (SSSR count). The first kappa shape index (κ1) is 22.2. The minimum absolute atomic E-state index is 0.279. The molecule has 2 heterocycles. The van der Waals surface area contributed by atoms with Gasteiger partial charge in [0.1, 0.15) is 5.60 Å². The second-order valence-corrected chi connectivity index (χ2v) is 7.73. The van der Waals surface area contributed by atoms with Crippen LogP contribution in [0.2, 0.25) is 0 Å². The summed E-state index contributed by atoms with van der Waals surface area (Å²) in [6.07, 6.45) is 1.96. The number of carbonyl (C=O) groups excluding carboxylic acids is 3. The fourth-order valence-electron chi connectivity index (χ4n) is 2.94. The van der Waals surface area contributed by atoms with Crippen LogP contribution in [0.4, 0.5) is 13.6 Å². The summed E-state index contributed by atoms with van der Waals surface area (Å²) in [6.45, 7) is 6.25. The normalized spacial score (nSPS) is 12.1. The lowest BCUT2D eigenvalue weighted by atomic mass is 10.1. The molecule has 0 spiro atoms. The van der Waals surface area contributed by atoms with Crippen LogP contribution < -0.4 is 0 Å². The number of benzene rings is 1. The van der Waals surface area contributed by atoms with Crippen molar-refractivity contribution in [2.24, 2.45) is 0 Å². The van der Waals surface area contributed by atoms with Crippen molar-refractivity contribution in [2.75, 3.05) is 6.61 Å². The van der Waals surface area contributed by atoms with Crippen molar-refractivity contribution >= 4 is 28.7 Å². The predicted octanol–water partition coefficient (Wildman–Crippen LogP) is 5.07. The van der Waals surface area contributed by atoms with E-state index in [2.05, 4.69) is 4.74 Å². The van der Waals surface area contributed by atoms with Crippen LogP contribution in [0.3, 0.4) is 0 Å². The van der Waals surface area contributed by atoms with Crippen LogP contribution in [0, 0.1) is 0 Å². The molecule has 3 aromatic rings. The molecule has 0 saturated carbocycles. The lowest BCUT2D eigenvalue weighted by Crippen LogP contribution is -2.39. The van der Waals surface area contributed by atoms with E-state index in [-0.39, 0.29) is 12.2 Å². The average molecular weight is 433 g/mol. The van der Waals surface area contributed by atoms with E-state index in [0.29, 0.717) is 16.5 Å². The minimum atomic E-state index is -4.38. The predicted molar refractivity (Wildman–Crippen MR) is 107 cm³/mol. The first-order valence-electron chi connectivity index (χ1n) is 9.48. The molecule has 0 unspecified atom stereocenters. The summed E-state index contributed by atoms with van der Waals surface area (Å²) in [7, 11) is 0. The van der Waals surface area contributed by atoms with E-state index in [9.17, 15) is 23.2 Å². The van der Waals surface area contributed by atoms with E-state index >= 15 is 0 Å². The number of carbonyl (C=O) groups is 3. The fraction of sp³-hybridized carbons (Fsp3) is 0.318. The van der Waals surface area contributed by atoms with Crippen LogP contribution in [-0.4, -0.2) is 40.5 Å². The van der Waals surface area contributed by atoms with E-state index in [0.717, 1.165) is 12.3 Å². The molecular weight excluding hydrogens is 412 g/mol. The third kappa shape index (κ3) is 4.35. The zero-order chi connectivity index (χ0) is 23.0. The number of nitrogens with zero attached hydrogens (tertiary/aromatic N) is 1. The van der Waals surface area contributed by atoms with Crippen molar-refractivity contribution < 1.29 is 37.1 Å². The number of ketones is 1. The molecular formula is C22H21F2NO6. The second-order valence-electron chi connectivity index (χ2n) is 7.73. The highest BCUT2D eigenvalue weighted by Crippen LogP contribution is 2.34. The first-order valence-corrected chi connectivity index (χ1v) is 9.48. The zero-order valence-corrected chi connectivity index (χ0v) is 17.4. The van der Waals surface area contributed by atoms with Gasteiger partial charge in [-0.2, -0.15) is 8.78 Å². The highest BCUT2D eigenvalue weighted by atomic mass is 19.3. The van der Waals surface area contributed by atoms with Gasteiger partial charge in [-0.1, -0.05) is 18.2 Å². The van der Waals surface area contributed by atoms with Crippen LogP contribution in [0.25, 0.3) is 22.0 Å². The van der Waals surface area contributed by atoms with Crippen LogP contribution in [0.15, 0.2) is 47.2 Å². The number of alkyl halides is 2. The first-order chi connectivity index (χ1) is 14.5. The molecule has 0 N–H and O–H groups in total. The molecule has 0 aliphatic heterocycles. The zero-order valence-electron chi connectivity index (χ0n) is 17.4. The Labute approximate surface area is 176 Å². The summed E-state index contributed by atoms with van der Waals surface area (Å²) in [4.78, 5) is 36.2. The third-order valence-corrected chi connectivity index (χ3v) is 4.25. The van der Waals surface area contributed by atoms with Gasteiger partial charge in [-0.15, -0.1) is 0 Å². The Bertz CT molecular complexity index is 1150. The molecule has 31 heavy (non-hydrogen) atoms. The molecule has 164 valence electrons. The van der Waals surface area contributed by atoms with Gasteiger partial charge in [-0.3, -0.25) is 9.36 Å². The van der Waals surface area contributed by atoms with Gasteiger partial charge in [0, 0.05) is 22.7 Å². The Morgan fingerprint density at radius 3 is 2.45 bits per heavy atom. The van der Waals surface area contributed by atoms with Crippen molar-refractivity contribution in [3.8, 4) is 11.1 Å². The SMILES string of the molecule is CCOC(=O)C(F)(F)C(=O)c1cc(-c2cn(C(=O)OC(C)(C)C)c3ccccc23)co1. The summed E-state index contributed by atoms with van der Waals surface area (Å²) >= 11 is 0. The summed E-state index contributed by atoms with van der Waals surface area (Å²) < 4.78 is 44.1. The Hall–Kier alpha value is -3.49. The molecule has 2 aromatic heterocycles. The number of rotatable bonds is 5. The lowest BCUT2D eigenvalue weighted by Gasteiger charge is -2.19.